The number of rotatable bonds is 2. The van der Waals surface area contributed by atoms with Crippen LogP contribution in [0.2, 0.25) is 0 Å². The number of likely N-dealkylation sites (tertiary alicyclic amines) is 1. The minimum atomic E-state index is -1.07. The van der Waals surface area contributed by atoms with Crippen LogP contribution in [-0.2, 0) is 4.79 Å². The van der Waals surface area contributed by atoms with Crippen LogP contribution in [-0.4, -0.2) is 45.7 Å². The summed E-state index contributed by atoms with van der Waals surface area (Å²) >= 11 is 1.37. The van der Waals surface area contributed by atoms with E-state index in [4.69, 9.17) is 0 Å². The first-order valence-corrected chi connectivity index (χ1v) is 7.50. The van der Waals surface area contributed by atoms with Crippen LogP contribution in [0.1, 0.15) is 21.7 Å². The van der Waals surface area contributed by atoms with Gasteiger partial charge in [-0.15, -0.1) is 11.3 Å². The fraction of sp³-hybridized carbons (Fsp3) is 0.333. The predicted octanol–water partition coefficient (Wildman–Crippen LogP) is 1.87. The molecule has 1 aliphatic heterocycles. The van der Waals surface area contributed by atoms with Crippen LogP contribution in [0.15, 0.2) is 24.3 Å². The number of hydrogen-bond acceptors (Lipinski definition) is 4. The van der Waals surface area contributed by atoms with Crippen molar-refractivity contribution in [2.75, 3.05) is 6.54 Å². The fourth-order valence-corrected chi connectivity index (χ4v) is 3.95. The molecule has 2 N–H and O–H groups in total. The van der Waals surface area contributed by atoms with E-state index >= 15 is 0 Å². The third kappa shape index (κ3) is 2.30. The first kappa shape index (κ1) is 14.0. The second-order valence-electron chi connectivity index (χ2n) is 5.25. The summed E-state index contributed by atoms with van der Waals surface area (Å²) in [7, 11) is 0. The molecule has 1 amide bonds. The molecule has 0 saturated carbocycles. The van der Waals surface area contributed by atoms with Crippen LogP contribution in [0.4, 0.5) is 0 Å². The van der Waals surface area contributed by atoms with Crippen LogP contribution in [0.5, 0.6) is 0 Å². The molecule has 3 rings (SSSR count). The van der Waals surface area contributed by atoms with Crippen molar-refractivity contribution >= 4 is 33.3 Å². The lowest BCUT2D eigenvalue weighted by Gasteiger charge is -2.20. The van der Waals surface area contributed by atoms with Gasteiger partial charge >= 0.3 is 5.97 Å². The molecule has 21 heavy (non-hydrogen) atoms. The van der Waals surface area contributed by atoms with Crippen LogP contribution < -0.4 is 0 Å². The molecular formula is C15H15NO4S. The van der Waals surface area contributed by atoms with Gasteiger partial charge in [0, 0.05) is 17.7 Å². The van der Waals surface area contributed by atoms with Gasteiger partial charge in [0.15, 0.2) is 0 Å². The Bertz CT molecular complexity index is 724. The maximum absolute atomic E-state index is 12.7. The molecule has 1 aliphatic rings. The molecule has 1 aromatic heterocycles. The quantitative estimate of drug-likeness (QED) is 0.888. The number of carbonyl (C=O) groups excluding carboxylic acids is 1. The predicted molar refractivity (Wildman–Crippen MR) is 79.6 cm³/mol. The minimum absolute atomic E-state index is 0.0729. The first-order valence-electron chi connectivity index (χ1n) is 6.69. The smallest absolute Gasteiger partial charge is 0.326 e. The highest BCUT2D eigenvalue weighted by atomic mass is 32.1. The van der Waals surface area contributed by atoms with Gasteiger partial charge in [0.25, 0.3) is 5.91 Å². The Morgan fingerprint density at radius 3 is 2.71 bits per heavy atom. The second kappa shape index (κ2) is 5.13. The minimum Gasteiger partial charge on any atom is -0.480 e. The Morgan fingerprint density at radius 1 is 1.33 bits per heavy atom. The average Bonchev–Trinajstić information content (AvgIpc) is 3.00. The highest BCUT2D eigenvalue weighted by molar-refractivity contribution is 7.21. The molecule has 2 unspecified atom stereocenters. The number of fused-ring (bicyclic) bond motifs is 1. The Kier molecular flexibility index (Phi) is 3.43. The van der Waals surface area contributed by atoms with Gasteiger partial charge in [0.05, 0.1) is 11.0 Å². The molecular weight excluding hydrogens is 290 g/mol. The number of carbonyl (C=O) groups is 2. The number of thiophene rings is 1. The number of aliphatic hydroxyl groups excluding tert-OH is 1. The summed E-state index contributed by atoms with van der Waals surface area (Å²) in [5.74, 6) is -1.38. The summed E-state index contributed by atoms with van der Waals surface area (Å²) in [5, 5.41) is 19.9. The number of carboxylic acids is 1. The van der Waals surface area contributed by atoms with E-state index in [1.165, 1.54) is 16.2 Å². The molecule has 0 spiro atoms. The zero-order valence-electron chi connectivity index (χ0n) is 11.4. The summed E-state index contributed by atoms with van der Waals surface area (Å²) in [6.45, 7) is 1.94. The van der Waals surface area contributed by atoms with Crippen molar-refractivity contribution in [1.29, 1.82) is 0 Å². The SMILES string of the molecule is Cc1c(C(=O)N2CC(O)CC2C(=O)O)sc2ccccc12. The van der Waals surface area contributed by atoms with Gasteiger partial charge in [-0.1, -0.05) is 18.2 Å². The topological polar surface area (TPSA) is 77.8 Å². The zero-order valence-corrected chi connectivity index (χ0v) is 12.3. The molecule has 2 heterocycles. The van der Waals surface area contributed by atoms with E-state index in [1.807, 2.05) is 31.2 Å². The Morgan fingerprint density at radius 2 is 2.05 bits per heavy atom. The molecule has 1 fully saturated rings. The lowest BCUT2D eigenvalue weighted by Crippen LogP contribution is -2.40. The molecule has 0 aliphatic carbocycles. The average molecular weight is 305 g/mol. The summed E-state index contributed by atoms with van der Waals surface area (Å²) in [5.41, 5.74) is 0.867. The number of β-amino-alcohol motifs (C(OH)–C–C–N with tert-alkyl or cyclic N) is 1. The normalized spacial score (nSPS) is 21.9. The fourth-order valence-electron chi connectivity index (χ4n) is 2.78. The largest absolute Gasteiger partial charge is 0.480 e. The Labute approximate surface area is 125 Å². The van der Waals surface area contributed by atoms with Crippen molar-refractivity contribution in [3.63, 3.8) is 0 Å². The third-order valence-corrected chi connectivity index (χ3v) is 5.12. The third-order valence-electron chi connectivity index (χ3n) is 3.86. The van der Waals surface area contributed by atoms with Crippen LogP contribution in [0, 0.1) is 6.92 Å². The molecule has 2 atom stereocenters. The van der Waals surface area contributed by atoms with E-state index in [0.29, 0.717) is 4.88 Å². The number of nitrogens with zero attached hydrogens (tertiary/aromatic N) is 1. The van der Waals surface area contributed by atoms with Crippen molar-refractivity contribution in [3.05, 3.63) is 34.7 Å². The van der Waals surface area contributed by atoms with Crippen molar-refractivity contribution in [3.8, 4) is 0 Å². The van der Waals surface area contributed by atoms with Crippen LogP contribution in [0.25, 0.3) is 10.1 Å². The molecule has 6 heteroatoms. The lowest BCUT2D eigenvalue weighted by molar-refractivity contribution is -0.141. The Balaban J connectivity index is 2.00. The molecule has 110 valence electrons. The first-order chi connectivity index (χ1) is 9.99. The number of aliphatic hydroxyl groups is 1. The second-order valence-corrected chi connectivity index (χ2v) is 6.31. The van der Waals surface area contributed by atoms with Crippen molar-refractivity contribution in [1.82, 2.24) is 4.90 Å². The molecule has 1 saturated heterocycles. The maximum atomic E-state index is 12.7. The van der Waals surface area contributed by atoms with E-state index < -0.39 is 18.1 Å². The van der Waals surface area contributed by atoms with Crippen molar-refractivity contribution in [2.24, 2.45) is 0 Å². The monoisotopic (exact) mass is 305 g/mol. The number of carboxylic acid groups (broad SMARTS) is 1. The number of aliphatic carboxylic acids is 1. The summed E-state index contributed by atoms with van der Waals surface area (Å²) in [6, 6.07) is 6.77. The summed E-state index contributed by atoms with van der Waals surface area (Å²) in [4.78, 5) is 25.7. The van der Waals surface area contributed by atoms with Gasteiger partial charge in [-0.2, -0.15) is 0 Å². The summed E-state index contributed by atoms with van der Waals surface area (Å²) < 4.78 is 1.00. The van der Waals surface area contributed by atoms with E-state index in [2.05, 4.69) is 0 Å². The van der Waals surface area contributed by atoms with Crippen LogP contribution >= 0.6 is 11.3 Å². The van der Waals surface area contributed by atoms with Crippen molar-refractivity contribution in [2.45, 2.75) is 25.5 Å². The van der Waals surface area contributed by atoms with Gasteiger partial charge < -0.3 is 15.1 Å². The van der Waals surface area contributed by atoms with Gasteiger partial charge in [-0.3, -0.25) is 4.79 Å². The van der Waals surface area contributed by atoms with Crippen LogP contribution in [0.3, 0.4) is 0 Å². The van der Waals surface area contributed by atoms with E-state index in [1.54, 1.807) is 0 Å². The number of amides is 1. The molecule has 0 radical (unpaired) electrons. The van der Waals surface area contributed by atoms with Crippen molar-refractivity contribution < 1.29 is 19.8 Å². The summed E-state index contributed by atoms with van der Waals surface area (Å²) in [6.07, 6.45) is -0.685. The molecule has 2 aromatic rings. The number of hydrogen-bond donors (Lipinski definition) is 2. The molecule has 1 aromatic carbocycles. The standard InChI is InChI=1S/C15H15NO4S/c1-8-10-4-2-3-5-12(10)21-13(8)14(18)16-7-9(17)6-11(16)15(19)20/h2-5,9,11,17H,6-7H2,1H3,(H,19,20). The highest BCUT2D eigenvalue weighted by Crippen LogP contribution is 2.33. The van der Waals surface area contributed by atoms with E-state index in [9.17, 15) is 19.8 Å². The maximum Gasteiger partial charge on any atom is 0.326 e. The highest BCUT2D eigenvalue weighted by Gasteiger charge is 2.40. The Hall–Kier alpha value is -1.92. The van der Waals surface area contributed by atoms with Gasteiger partial charge in [0.1, 0.15) is 6.04 Å². The van der Waals surface area contributed by atoms with E-state index in [-0.39, 0.29) is 18.9 Å². The van der Waals surface area contributed by atoms with Gasteiger partial charge in [-0.25, -0.2) is 4.79 Å². The lowest BCUT2D eigenvalue weighted by atomic mass is 10.1. The molecule has 5 nitrogen and oxygen atoms in total. The zero-order chi connectivity index (χ0) is 15.1. The van der Waals surface area contributed by atoms with Gasteiger partial charge in [0.2, 0.25) is 0 Å². The van der Waals surface area contributed by atoms with E-state index in [0.717, 1.165) is 15.6 Å². The number of benzene rings is 1. The number of aryl methyl sites for hydroxylation is 1. The molecule has 0 bridgehead atoms. The van der Waals surface area contributed by atoms with Gasteiger partial charge in [-0.05, 0) is 23.9 Å².